The minimum Gasteiger partial charge on any atom is -0.497 e. The number of ether oxygens (including phenoxy) is 7. The van der Waals surface area contributed by atoms with Crippen LogP contribution in [-0.4, -0.2) is 68.3 Å². The molecule has 0 aromatic heterocycles. The lowest BCUT2D eigenvalue weighted by atomic mass is 9.98. The van der Waals surface area contributed by atoms with E-state index in [-0.39, 0.29) is 6.61 Å². The topological polar surface area (TPSA) is 133 Å². The minimum atomic E-state index is -1.29. The van der Waals surface area contributed by atoms with E-state index in [1.807, 2.05) is 0 Å². The highest BCUT2D eigenvalue weighted by Gasteiger charge is 2.53. The first-order chi connectivity index (χ1) is 15.1. The Labute approximate surface area is 184 Å². The number of hydrogen-bond donors (Lipinski definition) is 0. The van der Waals surface area contributed by atoms with Crippen molar-refractivity contribution in [2.24, 2.45) is 0 Å². The lowest BCUT2D eigenvalue weighted by Gasteiger charge is -2.43. The van der Waals surface area contributed by atoms with Gasteiger partial charge in [0.15, 0.2) is 12.2 Å². The van der Waals surface area contributed by atoms with Gasteiger partial charge in [0.05, 0.1) is 7.11 Å². The Morgan fingerprint density at radius 3 is 1.75 bits per heavy atom. The van der Waals surface area contributed by atoms with Gasteiger partial charge in [-0.25, -0.2) is 0 Å². The molecule has 0 bridgehead atoms. The van der Waals surface area contributed by atoms with Crippen LogP contribution in [0.4, 0.5) is 0 Å². The third-order valence-electron chi connectivity index (χ3n) is 4.26. The van der Waals surface area contributed by atoms with E-state index in [4.69, 9.17) is 33.2 Å². The van der Waals surface area contributed by atoms with Crippen LogP contribution in [0.3, 0.4) is 0 Å². The second kappa shape index (κ2) is 11.3. The number of carbonyl (C=O) groups excluding carboxylic acids is 4. The molecule has 1 fully saturated rings. The molecule has 0 aliphatic carbocycles. The van der Waals surface area contributed by atoms with Crippen LogP contribution >= 0.6 is 0 Å². The molecule has 1 saturated heterocycles. The molecule has 11 heteroatoms. The SMILES string of the molecule is COc1ccc(O[C@H]2OC(COC(C)=O)[C@@H](OC(C)=O)C(OC(C)=O)C2OC(C)=O)cc1. The maximum absolute atomic E-state index is 11.8. The van der Waals surface area contributed by atoms with Crippen molar-refractivity contribution in [3.63, 3.8) is 0 Å². The summed E-state index contributed by atoms with van der Waals surface area (Å²) >= 11 is 0. The molecule has 3 unspecified atom stereocenters. The average Bonchev–Trinajstić information content (AvgIpc) is 2.70. The van der Waals surface area contributed by atoms with Crippen molar-refractivity contribution in [1.82, 2.24) is 0 Å². The monoisotopic (exact) mass is 454 g/mol. The third kappa shape index (κ3) is 7.12. The zero-order chi connectivity index (χ0) is 23.8. The van der Waals surface area contributed by atoms with Gasteiger partial charge in [0.25, 0.3) is 0 Å². The van der Waals surface area contributed by atoms with Crippen molar-refractivity contribution in [1.29, 1.82) is 0 Å². The predicted octanol–water partition coefficient (Wildman–Crippen LogP) is 1.16. The highest BCUT2D eigenvalue weighted by Crippen LogP contribution is 2.31. The number of esters is 4. The fraction of sp³-hybridized carbons (Fsp3) is 0.524. The summed E-state index contributed by atoms with van der Waals surface area (Å²) in [5, 5.41) is 0. The van der Waals surface area contributed by atoms with E-state index in [2.05, 4.69) is 0 Å². The second-order valence-electron chi connectivity index (χ2n) is 6.86. The van der Waals surface area contributed by atoms with E-state index in [1.165, 1.54) is 14.0 Å². The van der Waals surface area contributed by atoms with Crippen LogP contribution in [0.1, 0.15) is 27.7 Å². The van der Waals surface area contributed by atoms with Crippen LogP contribution in [0, 0.1) is 0 Å². The molecule has 0 spiro atoms. The molecule has 0 amide bonds. The van der Waals surface area contributed by atoms with Crippen LogP contribution in [0.2, 0.25) is 0 Å². The van der Waals surface area contributed by atoms with Crippen molar-refractivity contribution in [2.45, 2.75) is 58.4 Å². The smallest absolute Gasteiger partial charge is 0.303 e. The highest BCUT2D eigenvalue weighted by molar-refractivity contribution is 5.68. The summed E-state index contributed by atoms with van der Waals surface area (Å²) in [5.41, 5.74) is 0. The highest BCUT2D eigenvalue weighted by atomic mass is 16.7. The number of benzene rings is 1. The van der Waals surface area contributed by atoms with Crippen molar-refractivity contribution in [3.05, 3.63) is 24.3 Å². The van der Waals surface area contributed by atoms with Crippen LogP contribution in [-0.2, 0) is 42.9 Å². The number of carbonyl (C=O) groups is 4. The Bertz CT molecular complexity index is 820. The molecular weight excluding hydrogens is 428 g/mol. The molecule has 0 radical (unpaired) electrons. The number of methoxy groups -OCH3 is 1. The fourth-order valence-electron chi connectivity index (χ4n) is 3.07. The zero-order valence-electron chi connectivity index (χ0n) is 18.4. The van der Waals surface area contributed by atoms with E-state index in [1.54, 1.807) is 24.3 Å². The van der Waals surface area contributed by atoms with Gasteiger partial charge in [-0.2, -0.15) is 0 Å². The van der Waals surface area contributed by atoms with Gasteiger partial charge in [0.1, 0.15) is 24.2 Å². The van der Waals surface area contributed by atoms with Crippen molar-refractivity contribution >= 4 is 23.9 Å². The first-order valence-electron chi connectivity index (χ1n) is 9.72. The van der Waals surface area contributed by atoms with Crippen molar-refractivity contribution < 1.29 is 52.3 Å². The molecule has 0 N–H and O–H groups in total. The lowest BCUT2D eigenvalue weighted by molar-refractivity contribution is -0.288. The summed E-state index contributed by atoms with van der Waals surface area (Å²) < 4.78 is 37.8. The summed E-state index contributed by atoms with van der Waals surface area (Å²) in [6.07, 6.45) is -6.20. The van der Waals surface area contributed by atoms with Crippen LogP contribution in [0.5, 0.6) is 11.5 Å². The summed E-state index contributed by atoms with van der Waals surface area (Å²) in [5.74, 6) is -1.83. The standard InChI is InChI=1S/C21H26O11/c1-11(22)27-10-17-18(28-12(2)23)19(29-13(3)24)20(30-14(4)25)21(32-17)31-16-8-6-15(26-5)7-9-16/h6-9,17-21H,10H2,1-5H3/t17?,18-,19?,20?,21+/m1/s1. The molecule has 11 nitrogen and oxygen atoms in total. The van der Waals surface area contributed by atoms with Gasteiger partial charge < -0.3 is 33.2 Å². The van der Waals surface area contributed by atoms with Gasteiger partial charge in [-0.05, 0) is 24.3 Å². The molecule has 1 aromatic rings. The van der Waals surface area contributed by atoms with E-state index < -0.39 is 54.6 Å². The molecule has 1 aliphatic heterocycles. The molecular formula is C21H26O11. The summed E-state index contributed by atoms with van der Waals surface area (Å²) in [4.78, 5) is 46.6. The molecule has 32 heavy (non-hydrogen) atoms. The molecule has 2 rings (SSSR count). The van der Waals surface area contributed by atoms with E-state index in [9.17, 15) is 19.2 Å². The summed E-state index contributed by atoms with van der Waals surface area (Å²) in [6, 6.07) is 6.46. The lowest BCUT2D eigenvalue weighted by Crippen LogP contribution is -2.63. The van der Waals surface area contributed by atoms with Crippen molar-refractivity contribution in [3.8, 4) is 11.5 Å². The number of rotatable bonds is 8. The third-order valence-corrected chi connectivity index (χ3v) is 4.26. The zero-order valence-corrected chi connectivity index (χ0v) is 18.4. The Hall–Kier alpha value is -3.34. The van der Waals surface area contributed by atoms with Gasteiger partial charge in [-0.1, -0.05) is 0 Å². The van der Waals surface area contributed by atoms with E-state index in [0.717, 1.165) is 20.8 Å². The largest absolute Gasteiger partial charge is 0.497 e. The molecule has 5 atom stereocenters. The first kappa shape index (κ1) is 24.9. The van der Waals surface area contributed by atoms with Gasteiger partial charge in [0, 0.05) is 27.7 Å². The number of hydrogen-bond acceptors (Lipinski definition) is 11. The van der Waals surface area contributed by atoms with Gasteiger partial charge in [0.2, 0.25) is 12.4 Å². The Balaban J connectivity index is 2.42. The van der Waals surface area contributed by atoms with Crippen LogP contribution < -0.4 is 9.47 Å². The maximum Gasteiger partial charge on any atom is 0.303 e. The predicted molar refractivity (Wildman–Crippen MR) is 106 cm³/mol. The fourth-order valence-corrected chi connectivity index (χ4v) is 3.07. The Morgan fingerprint density at radius 2 is 1.25 bits per heavy atom. The molecule has 1 aromatic carbocycles. The molecule has 1 heterocycles. The normalized spacial score (nSPS) is 24.6. The minimum absolute atomic E-state index is 0.326. The van der Waals surface area contributed by atoms with Crippen LogP contribution in [0.15, 0.2) is 24.3 Å². The van der Waals surface area contributed by atoms with Crippen molar-refractivity contribution in [2.75, 3.05) is 13.7 Å². The van der Waals surface area contributed by atoms with Crippen LogP contribution in [0.25, 0.3) is 0 Å². The molecule has 0 saturated carbocycles. The second-order valence-corrected chi connectivity index (χ2v) is 6.86. The summed E-state index contributed by atoms with van der Waals surface area (Å²) in [6.45, 7) is 4.31. The van der Waals surface area contributed by atoms with E-state index in [0.29, 0.717) is 11.5 Å². The Kier molecular flexibility index (Phi) is 8.82. The van der Waals surface area contributed by atoms with Gasteiger partial charge >= 0.3 is 23.9 Å². The molecule has 1 aliphatic rings. The van der Waals surface area contributed by atoms with E-state index >= 15 is 0 Å². The van der Waals surface area contributed by atoms with Gasteiger partial charge in [-0.15, -0.1) is 0 Å². The first-order valence-corrected chi connectivity index (χ1v) is 9.72. The Morgan fingerprint density at radius 1 is 0.750 bits per heavy atom. The van der Waals surface area contributed by atoms with Gasteiger partial charge in [-0.3, -0.25) is 19.2 Å². The maximum atomic E-state index is 11.8. The molecule has 176 valence electrons. The average molecular weight is 454 g/mol. The quantitative estimate of drug-likeness (QED) is 0.414. The summed E-state index contributed by atoms with van der Waals surface area (Å²) in [7, 11) is 1.51.